The maximum absolute atomic E-state index is 11.9. The summed E-state index contributed by atoms with van der Waals surface area (Å²) >= 11 is 0. The summed E-state index contributed by atoms with van der Waals surface area (Å²) in [5.41, 5.74) is 1.55. The lowest BCUT2D eigenvalue weighted by molar-refractivity contribution is 0.0491. The van der Waals surface area contributed by atoms with E-state index in [1.54, 1.807) is 6.20 Å². The zero-order valence-electron chi connectivity index (χ0n) is 16.3. The molecule has 1 aliphatic rings. The molecule has 1 amide bonds. The van der Waals surface area contributed by atoms with Gasteiger partial charge < -0.3 is 15.0 Å². The van der Waals surface area contributed by atoms with Crippen molar-refractivity contribution in [2.24, 2.45) is 0 Å². The van der Waals surface area contributed by atoms with Crippen LogP contribution in [0, 0.1) is 6.92 Å². The van der Waals surface area contributed by atoms with E-state index in [1.807, 2.05) is 38.4 Å². The number of hydrogen-bond acceptors (Lipinski definition) is 5. The Morgan fingerprint density at radius 1 is 1.31 bits per heavy atom. The first kappa shape index (κ1) is 18.5. The van der Waals surface area contributed by atoms with Crippen LogP contribution in [0.1, 0.15) is 52.1 Å². The summed E-state index contributed by atoms with van der Waals surface area (Å²) in [5.74, 6) is 0.955. The van der Waals surface area contributed by atoms with Crippen molar-refractivity contribution in [1.29, 1.82) is 0 Å². The summed E-state index contributed by atoms with van der Waals surface area (Å²) in [6, 6.07) is 2.64. The van der Waals surface area contributed by atoms with Crippen molar-refractivity contribution in [1.82, 2.24) is 19.9 Å². The van der Waals surface area contributed by atoms with Gasteiger partial charge in [-0.3, -0.25) is 0 Å². The van der Waals surface area contributed by atoms with Crippen LogP contribution in [0.15, 0.2) is 18.5 Å². The SMILES string of the molecule is Cc1cc2c(N(C)C3CCC(NC(=O)OC(C)(C)C)CC3)nccn2n1. The van der Waals surface area contributed by atoms with Crippen LogP contribution < -0.4 is 10.2 Å². The highest BCUT2D eigenvalue weighted by atomic mass is 16.6. The fraction of sp³-hybridized carbons (Fsp3) is 0.632. The van der Waals surface area contributed by atoms with Crippen molar-refractivity contribution in [2.45, 2.75) is 71.1 Å². The molecule has 0 aromatic carbocycles. The second-order valence-electron chi connectivity index (χ2n) is 8.13. The highest BCUT2D eigenvalue weighted by molar-refractivity contribution is 5.69. The molecule has 0 atom stereocenters. The number of nitrogens with one attached hydrogen (secondary N) is 1. The number of carbonyl (C=O) groups excluding carboxylic acids is 1. The normalized spacial score (nSPS) is 20.8. The van der Waals surface area contributed by atoms with Crippen molar-refractivity contribution < 1.29 is 9.53 Å². The molecule has 1 saturated carbocycles. The molecule has 2 aromatic heterocycles. The number of ether oxygens (including phenoxy) is 1. The van der Waals surface area contributed by atoms with Crippen LogP contribution >= 0.6 is 0 Å². The molecule has 0 radical (unpaired) electrons. The predicted octanol–water partition coefficient (Wildman–Crippen LogP) is 3.31. The molecule has 0 spiro atoms. The number of amides is 1. The number of aryl methyl sites for hydroxylation is 1. The Morgan fingerprint density at radius 3 is 2.65 bits per heavy atom. The Bertz CT molecular complexity index is 772. The van der Waals surface area contributed by atoms with Crippen LogP contribution in [0.2, 0.25) is 0 Å². The highest BCUT2D eigenvalue weighted by Crippen LogP contribution is 2.28. The molecule has 1 fully saturated rings. The van der Waals surface area contributed by atoms with E-state index in [0.29, 0.717) is 6.04 Å². The smallest absolute Gasteiger partial charge is 0.407 e. The minimum Gasteiger partial charge on any atom is -0.444 e. The first-order valence-corrected chi connectivity index (χ1v) is 9.26. The summed E-state index contributed by atoms with van der Waals surface area (Å²) in [7, 11) is 2.09. The van der Waals surface area contributed by atoms with Gasteiger partial charge in [-0.2, -0.15) is 5.10 Å². The Kier molecular flexibility index (Phi) is 5.07. The Labute approximate surface area is 154 Å². The number of anilines is 1. The van der Waals surface area contributed by atoms with Gasteiger partial charge >= 0.3 is 6.09 Å². The zero-order valence-corrected chi connectivity index (χ0v) is 16.3. The van der Waals surface area contributed by atoms with Crippen molar-refractivity contribution in [3.05, 3.63) is 24.2 Å². The molecule has 0 unspecified atom stereocenters. The Hall–Kier alpha value is -2.31. The number of rotatable bonds is 3. The lowest BCUT2D eigenvalue weighted by Gasteiger charge is -2.35. The van der Waals surface area contributed by atoms with Crippen LogP contribution in [-0.4, -0.2) is 45.4 Å². The van der Waals surface area contributed by atoms with Gasteiger partial charge in [-0.05, 0) is 59.4 Å². The molecular formula is C19H29N5O2. The number of fused-ring (bicyclic) bond motifs is 1. The van der Waals surface area contributed by atoms with Gasteiger partial charge in [0.05, 0.1) is 5.69 Å². The maximum Gasteiger partial charge on any atom is 0.407 e. The summed E-state index contributed by atoms with van der Waals surface area (Å²) in [6.45, 7) is 7.63. The third kappa shape index (κ3) is 4.26. The number of hydrogen-bond donors (Lipinski definition) is 1. The van der Waals surface area contributed by atoms with Gasteiger partial charge in [0.15, 0.2) is 5.82 Å². The highest BCUT2D eigenvalue weighted by Gasteiger charge is 2.28. The number of aromatic nitrogens is 3. The molecule has 1 aliphatic carbocycles. The Balaban J connectivity index is 1.60. The second kappa shape index (κ2) is 7.13. The Morgan fingerprint density at radius 2 is 2.00 bits per heavy atom. The second-order valence-corrected chi connectivity index (χ2v) is 8.13. The summed E-state index contributed by atoms with van der Waals surface area (Å²) in [5, 5.41) is 7.46. The van der Waals surface area contributed by atoms with E-state index in [-0.39, 0.29) is 12.1 Å². The molecule has 26 heavy (non-hydrogen) atoms. The van der Waals surface area contributed by atoms with Gasteiger partial charge in [0, 0.05) is 31.5 Å². The quantitative estimate of drug-likeness (QED) is 0.910. The van der Waals surface area contributed by atoms with Crippen molar-refractivity contribution in [3.8, 4) is 0 Å². The van der Waals surface area contributed by atoms with Gasteiger partial charge in [-0.25, -0.2) is 14.3 Å². The van der Waals surface area contributed by atoms with E-state index in [2.05, 4.69) is 33.4 Å². The first-order chi connectivity index (χ1) is 12.2. The third-order valence-electron chi connectivity index (χ3n) is 4.79. The predicted molar refractivity (Wildman–Crippen MR) is 102 cm³/mol. The molecule has 7 heteroatoms. The van der Waals surface area contributed by atoms with E-state index in [9.17, 15) is 4.79 Å². The summed E-state index contributed by atoms with van der Waals surface area (Å²) in [4.78, 5) is 18.8. The zero-order chi connectivity index (χ0) is 18.9. The molecule has 3 rings (SSSR count). The van der Waals surface area contributed by atoms with E-state index in [1.165, 1.54) is 0 Å². The largest absolute Gasteiger partial charge is 0.444 e. The molecule has 0 bridgehead atoms. The van der Waals surface area contributed by atoms with Crippen LogP contribution in [0.5, 0.6) is 0 Å². The molecule has 2 heterocycles. The van der Waals surface area contributed by atoms with E-state index >= 15 is 0 Å². The fourth-order valence-corrected chi connectivity index (χ4v) is 3.56. The standard InChI is InChI=1S/C19H29N5O2/c1-13-12-16-17(20-10-11-24(16)22-13)23(5)15-8-6-14(7-9-15)21-18(25)26-19(2,3)4/h10-12,14-15H,6-9H2,1-5H3,(H,21,25). The van der Waals surface area contributed by atoms with Crippen LogP contribution in [0.4, 0.5) is 10.6 Å². The minimum atomic E-state index is -0.463. The monoisotopic (exact) mass is 359 g/mol. The van der Waals surface area contributed by atoms with Gasteiger partial charge in [0.1, 0.15) is 11.1 Å². The van der Waals surface area contributed by atoms with Crippen molar-refractivity contribution in [3.63, 3.8) is 0 Å². The van der Waals surface area contributed by atoms with E-state index in [0.717, 1.165) is 42.7 Å². The number of nitrogens with zero attached hydrogens (tertiary/aromatic N) is 4. The molecular weight excluding hydrogens is 330 g/mol. The van der Waals surface area contributed by atoms with Crippen LogP contribution in [0.25, 0.3) is 5.52 Å². The van der Waals surface area contributed by atoms with Crippen LogP contribution in [-0.2, 0) is 4.74 Å². The number of carbonyl (C=O) groups is 1. The van der Waals surface area contributed by atoms with Gasteiger partial charge in [0.25, 0.3) is 0 Å². The molecule has 7 nitrogen and oxygen atoms in total. The average molecular weight is 359 g/mol. The third-order valence-corrected chi connectivity index (χ3v) is 4.79. The molecule has 0 aliphatic heterocycles. The van der Waals surface area contributed by atoms with E-state index in [4.69, 9.17) is 4.74 Å². The summed E-state index contributed by atoms with van der Waals surface area (Å²) in [6.07, 6.45) is 7.24. The van der Waals surface area contributed by atoms with E-state index < -0.39 is 5.60 Å². The lowest BCUT2D eigenvalue weighted by atomic mass is 9.90. The average Bonchev–Trinajstić information content (AvgIpc) is 2.93. The van der Waals surface area contributed by atoms with Crippen LogP contribution in [0.3, 0.4) is 0 Å². The van der Waals surface area contributed by atoms with Gasteiger partial charge in [-0.15, -0.1) is 0 Å². The first-order valence-electron chi connectivity index (χ1n) is 9.26. The lowest BCUT2D eigenvalue weighted by Crippen LogP contribution is -2.44. The van der Waals surface area contributed by atoms with Crippen molar-refractivity contribution in [2.75, 3.05) is 11.9 Å². The maximum atomic E-state index is 11.9. The number of alkyl carbamates (subject to hydrolysis) is 1. The molecule has 0 saturated heterocycles. The molecule has 1 N–H and O–H groups in total. The minimum absolute atomic E-state index is 0.176. The summed E-state index contributed by atoms with van der Waals surface area (Å²) < 4.78 is 7.23. The molecule has 2 aromatic rings. The van der Waals surface area contributed by atoms with Gasteiger partial charge in [0.2, 0.25) is 0 Å². The topological polar surface area (TPSA) is 71.8 Å². The van der Waals surface area contributed by atoms with Gasteiger partial charge in [-0.1, -0.05) is 0 Å². The molecule has 142 valence electrons. The fourth-order valence-electron chi connectivity index (χ4n) is 3.56. The van der Waals surface area contributed by atoms with Crippen molar-refractivity contribution >= 4 is 17.4 Å².